The Morgan fingerprint density at radius 2 is 1.00 bits per heavy atom. The zero-order valence-electron chi connectivity index (χ0n) is 31.6. The van der Waals surface area contributed by atoms with Gasteiger partial charge in [0.2, 0.25) is 10.0 Å². The summed E-state index contributed by atoms with van der Waals surface area (Å²) in [7, 11) is -4.20. The molecule has 2 aliphatic carbocycles. The zero-order chi connectivity index (χ0) is 42.7. The van der Waals surface area contributed by atoms with Crippen LogP contribution in [0.3, 0.4) is 0 Å². The van der Waals surface area contributed by atoms with E-state index in [4.69, 9.17) is 5.73 Å². The van der Waals surface area contributed by atoms with E-state index in [0.29, 0.717) is 51.8 Å². The van der Waals surface area contributed by atoms with Gasteiger partial charge in [-0.3, -0.25) is 0 Å². The number of rotatable bonds is 6. The Kier molecular flexibility index (Phi) is 11.1. The normalized spacial score (nSPS) is 22.6. The highest BCUT2D eigenvalue weighted by molar-refractivity contribution is 7.89. The molecule has 2 fully saturated rings. The van der Waals surface area contributed by atoms with Crippen molar-refractivity contribution in [3.63, 3.8) is 0 Å². The average Bonchev–Trinajstić information content (AvgIpc) is 3.67. The van der Waals surface area contributed by atoms with Crippen molar-refractivity contribution in [1.29, 1.82) is 0 Å². The van der Waals surface area contributed by atoms with Crippen LogP contribution in [0.2, 0.25) is 0 Å². The van der Waals surface area contributed by atoms with Crippen molar-refractivity contribution in [3.05, 3.63) is 120 Å². The third-order valence-electron chi connectivity index (χ3n) is 11.5. The van der Waals surface area contributed by atoms with Gasteiger partial charge in [0.25, 0.3) is 0 Å². The lowest BCUT2D eigenvalue weighted by molar-refractivity contribution is -0.274. The number of nitrogens with zero attached hydrogens (tertiary/aromatic N) is 2. The molecule has 2 aliphatic rings. The monoisotopic (exact) mass is 856 g/mol. The molecule has 17 heteroatoms. The van der Waals surface area contributed by atoms with Crippen LogP contribution in [0.4, 0.5) is 30.7 Å². The molecule has 316 valence electrons. The van der Waals surface area contributed by atoms with Gasteiger partial charge in [0, 0.05) is 49.7 Å². The Morgan fingerprint density at radius 3 is 1.42 bits per heavy atom. The molecule has 0 bridgehead atoms. The van der Waals surface area contributed by atoms with E-state index >= 15 is 0 Å². The van der Waals surface area contributed by atoms with Crippen LogP contribution in [-0.4, -0.2) is 58.4 Å². The molecule has 0 amide bonds. The molecular weight excluding hydrogens is 818 g/mol. The number of aromatic nitrogens is 2. The van der Waals surface area contributed by atoms with E-state index in [1.165, 1.54) is 60.7 Å². The topological polar surface area (TPSA) is 132 Å². The predicted molar refractivity (Wildman–Crippen MR) is 212 cm³/mol. The van der Waals surface area contributed by atoms with Crippen LogP contribution < -0.4 is 15.2 Å². The van der Waals surface area contributed by atoms with E-state index in [1.54, 1.807) is 16.7 Å². The molecule has 0 saturated heterocycles. The second kappa shape index (κ2) is 16.0. The van der Waals surface area contributed by atoms with Crippen molar-refractivity contribution < 1.29 is 54.1 Å². The van der Waals surface area contributed by atoms with Crippen LogP contribution >= 0.6 is 0 Å². The average molecular weight is 857 g/mol. The molecule has 7 aromatic rings. The van der Waals surface area contributed by atoms with E-state index in [-0.39, 0.29) is 28.6 Å². The molecule has 5 aromatic carbocycles. The van der Waals surface area contributed by atoms with Crippen molar-refractivity contribution in [2.45, 2.75) is 86.2 Å². The minimum Gasteiger partial charge on any atom is -0.406 e. The lowest BCUT2D eigenvalue weighted by atomic mass is 9.88. The molecule has 2 heterocycles. The van der Waals surface area contributed by atoms with Gasteiger partial charge in [0.15, 0.2) is 0 Å². The van der Waals surface area contributed by atoms with Gasteiger partial charge in [-0.15, -0.1) is 13.2 Å². The first-order chi connectivity index (χ1) is 28.5. The van der Waals surface area contributed by atoms with E-state index in [1.807, 2.05) is 4.57 Å². The minimum absolute atomic E-state index is 0.185. The number of nitrogens with one attached hydrogen (secondary N) is 1. The number of sulfonamides is 1. The summed E-state index contributed by atoms with van der Waals surface area (Å²) in [4.78, 5) is -0.292. The highest BCUT2D eigenvalue weighted by Crippen LogP contribution is 2.40. The van der Waals surface area contributed by atoms with Crippen LogP contribution in [-0.2, 0) is 10.0 Å². The number of fused-ring (bicyclic) bond motifs is 6. The Labute approximate surface area is 338 Å². The second-order valence-electron chi connectivity index (χ2n) is 15.3. The molecule has 0 spiro atoms. The number of hydrogen-bond acceptors (Lipinski definition) is 6. The first-order valence-corrected chi connectivity index (χ1v) is 20.7. The zero-order valence-corrected chi connectivity index (χ0v) is 32.4. The molecule has 0 aliphatic heterocycles. The number of ether oxygens (including phenoxy) is 1. The smallest absolute Gasteiger partial charge is 0.406 e. The van der Waals surface area contributed by atoms with Crippen LogP contribution in [0.1, 0.15) is 50.6 Å². The first-order valence-electron chi connectivity index (χ1n) is 19.3. The second-order valence-corrected chi connectivity index (χ2v) is 17.0. The Morgan fingerprint density at radius 1 is 0.600 bits per heavy atom. The lowest BCUT2D eigenvalue weighted by Crippen LogP contribution is -2.49. The van der Waals surface area contributed by atoms with Crippen LogP contribution in [0.5, 0.6) is 5.75 Å². The fourth-order valence-electron chi connectivity index (χ4n) is 8.84. The lowest BCUT2D eigenvalue weighted by Gasteiger charge is -2.36. The van der Waals surface area contributed by atoms with Gasteiger partial charge >= 0.3 is 6.36 Å². The number of nitrogens with two attached hydrogens (primary N) is 1. The summed E-state index contributed by atoms with van der Waals surface area (Å²) >= 11 is 0. The highest BCUT2D eigenvalue weighted by Gasteiger charge is 2.38. The molecule has 0 unspecified atom stereocenters. The SMILES string of the molecule is N[C@H]1CCC[C@@H](n2c3ccc(F)cc3c3cc(F)ccc32)[C@@H]1O.O=S(=O)(N[C@H]1CCC[C@@H](n2c3ccc(F)cc3c3cc(F)ccc32)[C@@H]1O)c1ccc(OC(F)(F)F)cc1. The molecule has 9 rings (SSSR count). The van der Waals surface area contributed by atoms with Gasteiger partial charge in [0.05, 0.1) is 35.2 Å². The van der Waals surface area contributed by atoms with Gasteiger partial charge in [-0.25, -0.2) is 30.7 Å². The third-order valence-corrected chi connectivity index (χ3v) is 13.0. The molecule has 5 N–H and O–H groups in total. The minimum atomic E-state index is -4.91. The quantitative estimate of drug-likeness (QED) is 0.124. The molecule has 9 nitrogen and oxygen atoms in total. The Balaban J connectivity index is 0.000000185. The van der Waals surface area contributed by atoms with Crippen molar-refractivity contribution in [3.8, 4) is 5.75 Å². The maximum atomic E-state index is 14.0. The summed E-state index contributed by atoms with van der Waals surface area (Å²) in [6, 6.07) is 18.9. The fraction of sp³-hybridized carbons (Fsp3) is 0.302. The number of aliphatic hydroxyl groups is 2. The van der Waals surface area contributed by atoms with Gasteiger partial charge in [0.1, 0.15) is 29.0 Å². The molecular formula is C43H39F7N4O5S. The van der Waals surface area contributed by atoms with E-state index < -0.39 is 58.1 Å². The molecule has 6 atom stereocenters. The molecule has 2 aromatic heterocycles. The van der Waals surface area contributed by atoms with Gasteiger partial charge in [-0.2, -0.15) is 0 Å². The van der Waals surface area contributed by atoms with Crippen LogP contribution in [0.15, 0.2) is 102 Å². The summed E-state index contributed by atoms with van der Waals surface area (Å²) in [6.45, 7) is 0. The first kappa shape index (κ1) is 41.5. The van der Waals surface area contributed by atoms with Gasteiger partial charge < -0.3 is 29.8 Å². The van der Waals surface area contributed by atoms with Crippen LogP contribution in [0, 0.1) is 23.3 Å². The van der Waals surface area contributed by atoms with Crippen molar-refractivity contribution in [1.82, 2.24) is 13.9 Å². The maximum absolute atomic E-state index is 14.0. The number of hydrogen-bond donors (Lipinski definition) is 4. The van der Waals surface area contributed by atoms with Crippen molar-refractivity contribution in [2.75, 3.05) is 0 Å². The Hall–Kier alpha value is -5.20. The summed E-state index contributed by atoms with van der Waals surface area (Å²) in [6.07, 6.45) is -2.94. The molecule has 60 heavy (non-hydrogen) atoms. The van der Waals surface area contributed by atoms with Crippen molar-refractivity contribution >= 4 is 53.6 Å². The van der Waals surface area contributed by atoms with Crippen LogP contribution in [0.25, 0.3) is 43.6 Å². The molecule has 0 radical (unpaired) electrons. The number of alkyl halides is 3. The fourth-order valence-corrected chi connectivity index (χ4v) is 10.1. The largest absolute Gasteiger partial charge is 0.573 e. The third kappa shape index (κ3) is 8.03. The predicted octanol–water partition coefficient (Wildman–Crippen LogP) is 8.89. The number of aliphatic hydroxyl groups excluding tert-OH is 2. The number of halogens is 7. The standard InChI is InChI=1S/C25H21F5N2O4S.C18H18F2N2O/c26-14-4-10-21-18(12-14)19-13-15(27)5-11-22(19)32(21)23-3-1-2-20(24(23)33)31-37(34,35)17-8-6-16(7-9-17)36-25(28,29)30;19-10-4-6-15-12(8-10)13-9-11(20)5-7-16(13)22(15)17-3-1-2-14(21)18(17)23/h4-13,20,23-24,31,33H,1-3H2;4-9,14,17-18,23H,1-3,21H2/t20-,23+,24+;14-,17+,18+/m00/s1. The maximum Gasteiger partial charge on any atom is 0.573 e. The summed E-state index contributed by atoms with van der Waals surface area (Å²) in [5.74, 6) is -2.29. The van der Waals surface area contributed by atoms with Crippen molar-refractivity contribution in [2.24, 2.45) is 5.73 Å². The number of benzene rings is 5. The summed E-state index contributed by atoms with van der Waals surface area (Å²) < 4.78 is 129. The Bertz CT molecular complexity index is 2710. The highest BCUT2D eigenvalue weighted by atomic mass is 32.2. The summed E-state index contributed by atoms with van der Waals surface area (Å²) in [5, 5.41) is 24.1. The van der Waals surface area contributed by atoms with Gasteiger partial charge in [-0.05, 0) is 136 Å². The van der Waals surface area contributed by atoms with E-state index in [0.717, 1.165) is 54.6 Å². The van der Waals surface area contributed by atoms with E-state index in [2.05, 4.69) is 9.46 Å². The summed E-state index contributed by atoms with van der Waals surface area (Å²) in [5.41, 5.74) is 8.75. The van der Waals surface area contributed by atoms with Gasteiger partial charge in [-0.1, -0.05) is 0 Å². The molecule has 2 saturated carbocycles. The van der Waals surface area contributed by atoms with E-state index in [9.17, 15) is 49.4 Å².